The highest BCUT2D eigenvalue weighted by Crippen LogP contribution is 2.30. The molecule has 0 aromatic heterocycles. The van der Waals surface area contributed by atoms with Gasteiger partial charge in [-0.25, -0.2) is 0 Å². The Labute approximate surface area is 117 Å². The fraction of sp³-hybridized carbons (Fsp3) is 1.00. The van der Waals surface area contributed by atoms with Gasteiger partial charge in [0, 0.05) is 26.2 Å². The summed E-state index contributed by atoms with van der Waals surface area (Å²) >= 11 is 0. The molecule has 1 aliphatic rings. The third kappa shape index (κ3) is 5.38. The van der Waals surface area contributed by atoms with Crippen LogP contribution >= 0.6 is 0 Å². The molecule has 0 aliphatic carbocycles. The van der Waals surface area contributed by atoms with Crippen molar-refractivity contribution in [2.75, 3.05) is 26.9 Å². The molecule has 4 nitrogen and oxygen atoms in total. The monoisotopic (exact) mass is 274 g/mol. The molecule has 4 heteroatoms. The Morgan fingerprint density at radius 2 is 1.74 bits per heavy atom. The molecule has 0 unspecified atom stereocenters. The molecule has 0 aromatic rings. The lowest BCUT2D eigenvalue weighted by Crippen LogP contribution is -2.33. The maximum absolute atomic E-state index is 5.97. The van der Waals surface area contributed by atoms with Gasteiger partial charge in [0.05, 0.1) is 12.7 Å². The molecule has 1 aliphatic heterocycles. The Morgan fingerprint density at radius 1 is 1.05 bits per heavy atom. The first-order valence-electron chi connectivity index (χ1n) is 7.62. The molecule has 1 heterocycles. The molecule has 4 atom stereocenters. The van der Waals surface area contributed by atoms with Crippen molar-refractivity contribution >= 4 is 0 Å². The second-order valence-corrected chi connectivity index (χ2v) is 5.26. The van der Waals surface area contributed by atoms with Crippen molar-refractivity contribution in [1.29, 1.82) is 0 Å². The van der Waals surface area contributed by atoms with Crippen LogP contribution in [0.4, 0.5) is 0 Å². The Hall–Kier alpha value is -0.160. The Morgan fingerprint density at radius 3 is 2.37 bits per heavy atom. The Bertz CT molecular complexity index is 222. The molecule has 1 saturated heterocycles. The highest BCUT2D eigenvalue weighted by atomic mass is 16.7. The van der Waals surface area contributed by atoms with Gasteiger partial charge in [-0.2, -0.15) is 0 Å². The van der Waals surface area contributed by atoms with Crippen molar-refractivity contribution < 1.29 is 18.9 Å². The van der Waals surface area contributed by atoms with Gasteiger partial charge in [-0.1, -0.05) is 33.6 Å². The van der Waals surface area contributed by atoms with Crippen molar-refractivity contribution in [3.8, 4) is 0 Å². The summed E-state index contributed by atoms with van der Waals surface area (Å²) in [5.41, 5.74) is 0. The summed E-state index contributed by atoms with van der Waals surface area (Å²) in [6, 6.07) is 0. The molecule has 0 radical (unpaired) electrons. The molecule has 0 spiro atoms. The van der Waals surface area contributed by atoms with Crippen LogP contribution in [0.5, 0.6) is 0 Å². The van der Waals surface area contributed by atoms with Crippen LogP contribution < -0.4 is 0 Å². The Kier molecular flexibility index (Phi) is 8.62. The zero-order valence-corrected chi connectivity index (χ0v) is 12.9. The lowest BCUT2D eigenvalue weighted by molar-refractivity contribution is -0.142. The highest BCUT2D eigenvalue weighted by molar-refractivity contribution is 4.85. The molecule has 1 fully saturated rings. The van der Waals surface area contributed by atoms with E-state index in [0.717, 1.165) is 38.9 Å². The first-order chi connectivity index (χ1) is 9.24. The quantitative estimate of drug-likeness (QED) is 0.574. The summed E-state index contributed by atoms with van der Waals surface area (Å²) in [6.45, 7) is 8.63. The third-order valence-corrected chi connectivity index (χ3v) is 3.59. The molecule has 19 heavy (non-hydrogen) atoms. The number of methoxy groups -OCH3 is 1. The van der Waals surface area contributed by atoms with Crippen molar-refractivity contribution in [3.63, 3.8) is 0 Å². The van der Waals surface area contributed by atoms with Crippen molar-refractivity contribution in [2.45, 2.75) is 65.0 Å². The van der Waals surface area contributed by atoms with Gasteiger partial charge in [-0.3, -0.25) is 0 Å². The molecular weight excluding hydrogens is 244 g/mol. The number of hydrogen-bond donors (Lipinski definition) is 0. The summed E-state index contributed by atoms with van der Waals surface area (Å²) in [7, 11) is 1.69. The van der Waals surface area contributed by atoms with Crippen LogP contribution in [0, 0.1) is 5.92 Å². The van der Waals surface area contributed by atoms with Gasteiger partial charge >= 0.3 is 0 Å². The minimum Gasteiger partial charge on any atom is -0.379 e. The molecule has 0 aromatic carbocycles. The van der Waals surface area contributed by atoms with E-state index in [1.807, 2.05) is 0 Å². The van der Waals surface area contributed by atoms with E-state index in [9.17, 15) is 0 Å². The SMILES string of the molecule is CCCCOC[C@H]1O[C@H](OC)[C@H](C)[C@@H]1OCCCC. The minimum absolute atomic E-state index is 0.00587. The van der Waals surface area contributed by atoms with E-state index in [4.69, 9.17) is 18.9 Å². The van der Waals surface area contributed by atoms with Crippen LogP contribution in [0.1, 0.15) is 46.5 Å². The van der Waals surface area contributed by atoms with E-state index in [-0.39, 0.29) is 24.4 Å². The first kappa shape index (κ1) is 16.9. The largest absolute Gasteiger partial charge is 0.379 e. The topological polar surface area (TPSA) is 36.9 Å². The minimum atomic E-state index is -0.175. The average molecular weight is 274 g/mol. The molecule has 114 valence electrons. The summed E-state index contributed by atoms with van der Waals surface area (Å²) in [5.74, 6) is 0.252. The highest BCUT2D eigenvalue weighted by Gasteiger charge is 2.42. The van der Waals surface area contributed by atoms with Crippen LogP contribution in [-0.2, 0) is 18.9 Å². The van der Waals surface area contributed by atoms with Crippen LogP contribution in [0.3, 0.4) is 0 Å². The number of unbranched alkanes of at least 4 members (excludes halogenated alkanes) is 2. The molecule has 0 bridgehead atoms. The van der Waals surface area contributed by atoms with E-state index >= 15 is 0 Å². The Balaban J connectivity index is 2.40. The standard InChI is InChI=1S/C15H30O4/c1-5-7-9-17-11-13-14(18-10-8-6-2)12(3)15(16-4)19-13/h12-15H,5-11H2,1-4H3/t12-,13-,14+,15+/m1/s1. The third-order valence-electron chi connectivity index (χ3n) is 3.59. The van der Waals surface area contributed by atoms with Gasteiger partial charge in [0.1, 0.15) is 6.10 Å². The van der Waals surface area contributed by atoms with E-state index in [1.165, 1.54) is 0 Å². The normalized spacial score (nSPS) is 30.9. The van der Waals surface area contributed by atoms with E-state index < -0.39 is 0 Å². The fourth-order valence-corrected chi connectivity index (χ4v) is 2.34. The van der Waals surface area contributed by atoms with Crippen LogP contribution in [-0.4, -0.2) is 45.4 Å². The van der Waals surface area contributed by atoms with E-state index in [0.29, 0.717) is 6.61 Å². The second-order valence-electron chi connectivity index (χ2n) is 5.26. The van der Waals surface area contributed by atoms with Crippen molar-refractivity contribution in [3.05, 3.63) is 0 Å². The first-order valence-corrected chi connectivity index (χ1v) is 7.62. The van der Waals surface area contributed by atoms with E-state index in [1.54, 1.807) is 7.11 Å². The van der Waals surface area contributed by atoms with Gasteiger partial charge in [-0.05, 0) is 12.8 Å². The van der Waals surface area contributed by atoms with Gasteiger partial charge in [0.2, 0.25) is 0 Å². The summed E-state index contributed by atoms with van der Waals surface area (Å²) in [4.78, 5) is 0. The van der Waals surface area contributed by atoms with Crippen LogP contribution in [0.25, 0.3) is 0 Å². The predicted molar refractivity (Wildman–Crippen MR) is 75.2 cm³/mol. The van der Waals surface area contributed by atoms with Gasteiger partial charge in [0.15, 0.2) is 6.29 Å². The number of rotatable bonds is 10. The second kappa shape index (κ2) is 9.70. The predicted octanol–water partition coefficient (Wildman–Crippen LogP) is 3.00. The summed E-state index contributed by atoms with van der Waals surface area (Å²) in [5, 5.41) is 0. The molecule has 1 rings (SSSR count). The summed E-state index contributed by atoms with van der Waals surface area (Å²) < 4.78 is 22.9. The van der Waals surface area contributed by atoms with Crippen molar-refractivity contribution in [2.24, 2.45) is 5.92 Å². The van der Waals surface area contributed by atoms with Crippen LogP contribution in [0.2, 0.25) is 0 Å². The number of ether oxygens (including phenoxy) is 4. The fourth-order valence-electron chi connectivity index (χ4n) is 2.34. The lowest BCUT2D eigenvalue weighted by atomic mass is 10.0. The van der Waals surface area contributed by atoms with Crippen LogP contribution in [0.15, 0.2) is 0 Å². The van der Waals surface area contributed by atoms with Gasteiger partial charge < -0.3 is 18.9 Å². The van der Waals surface area contributed by atoms with E-state index in [2.05, 4.69) is 20.8 Å². The molecule has 0 saturated carbocycles. The zero-order chi connectivity index (χ0) is 14.1. The van der Waals surface area contributed by atoms with Gasteiger partial charge in [-0.15, -0.1) is 0 Å². The molecule has 0 N–H and O–H groups in total. The number of hydrogen-bond acceptors (Lipinski definition) is 4. The maximum atomic E-state index is 5.97. The zero-order valence-electron chi connectivity index (χ0n) is 12.9. The van der Waals surface area contributed by atoms with Crippen molar-refractivity contribution in [1.82, 2.24) is 0 Å². The average Bonchev–Trinajstić information content (AvgIpc) is 2.72. The molecule has 0 amide bonds. The lowest BCUT2D eigenvalue weighted by Gasteiger charge is -2.21. The smallest absolute Gasteiger partial charge is 0.162 e. The van der Waals surface area contributed by atoms with Gasteiger partial charge in [0.25, 0.3) is 0 Å². The summed E-state index contributed by atoms with van der Waals surface area (Å²) in [6.07, 6.45) is 4.38. The molecular formula is C15H30O4. The maximum Gasteiger partial charge on any atom is 0.162 e.